The van der Waals surface area contributed by atoms with Crippen LogP contribution in [-0.2, 0) is 4.74 Å². The summed E-state index contributed by atoms with van der Waals surface area (Å²) in [5.41, 5.74) is 8.45. The van der Waals surface area contributed by atoms with Gasteiger partial charge in [0.1, 0.15) is 0 Å². The molecule has 1 aromatic rings. The number of ether oxygens (including phenoxy) is 1. The molecule has 17 heavy (non-hydrogen) atoms. The van der Waals surface area contributed by atoms with E-state index in [4.69, 9.17) is 10.5 Å². The molecule has 0 bridgehead atoms. The summed E-state index contributed by atoms with van der Waals surface area (Å²) in [5.74, 6) is 0. The van der Waals surface area contributed by atoms with E-state index in [9.17, 15) is 0 Å². The Morgan fingerprint density at radius 1 is 1.18 bits per heavy atom. The number of benzene rings is 1. The molecule has 0 aromatic heterocycles. The average Bonchev–Trinajstić information content (AvgIpc) is 2.30. The summed E-state index contributed by atoms with van der Waals surface area (Å²) in [4.78, 5) is 0. The van der Waals surface area contributed by atoms with Gasteiger partial charge in [0.05, 0.1) is 6.10 Å². The molecule has 1 aromatic carbocycles. The van der Waals surface area contributed by atoms with E-state index in [0.717, 1.165) is 13.0 Å². The summed E-state index contributed by atoms with van der Waals surface area (Å²) in [6.07, 6.45) is 3.58. The highest BCUT2D eigenvalue weighted by atomic mass is 16.5. The lowest BCUT2D eigenvalue weighted by atomic mass is 10.0. The first-order valence-corrected chi connectivity index (χ1v) is 6.59. The van der Waals surface area contributed by atoms with E-state index >= 15 is 0 Å². The van der Waals surface area contributed by atoms with Crippen LogP contribution in [0.5, 0.6) is 0 Å². The van der Waals surface area contributed by atoms with Crippen LogP contribution in [0.15, 0.2) is 24.3 Å². The van der Waals surface area contributed by atoms with Crippen molar-refractivity contribution in [1.29, 1.82) is 0 Å². The molecule has 0 saturated carbocycles. The van der Waals surface area contributed by atoms with Crippen LogP contribution in [0.1, 0.15) is 50.3 Å². The standard InChI is InChI=1S/C15H25NO/c1-4-5-6-11-17-15(13(3)16)14-9-7-12(2)8-10-14/h7-10,13,15H,4-6,11,16H2,1-3H3. The van der Waals surface area contributed by atoms with Gasteiger partial charge in [-0.3, -0.25) is 0 Å². The smallest absolute Gasteiger partial charge is 0.0972 e. The predicted molar refractivity (Wildman–Crippen MR) is 73.0 cm³/mol. The maximum absolute atomic E-state index is 6.00. The molecule has 2 unspecified atom stereocenters. The molecule has 2 nitrogen and oxygen atoms in total. The highest BCUT2D eigenvalue weighted by molar-refractivity contribution is 5.24. The normalized spacial score (nSPS) is 14.6. The van der Waals surface area contributed by atoms with Gasteiger partial charge in [0, 0.05) is 12.6 Å². The van der Waals surface area contributed by atoms with Crippen LogP contribution in [0, 0.1) is 6.92 Å². The number of rotatable bonds is 7. The van der Waals surface area contributed by atoms with Crippen LogP contribution in [0.2, 0.25) is 0 Å². The first-order valence-electron chi connectivity index (χ1n) is 6.59. The molecule has 0 amide bonds. The van der Waals surface area contributed by atoms with Gasteiger partial charge in [-0.05, 0) is 25.8 Å². The van der Waals surface area contributed by atoms with E-state index in [-0.39, 0.29) is 12.1 Å². The van der Waals surface area contributed by atoms with Gasteiger partial charge in [-0.1, -0.05) is 49.6 Å². The fraction of sp³-hybridized carbons (Fsp3) is 0.600. The molecule has 2 heteroatoms. The zero-order valence-electron chi connectivity index (χ0n) is 11.3. The van der Waals surface area contributed by atoms with Crippen molar-refractivity contribution in [2.45, 2.75) is 52.2 Å². The Balaban J connectivity index is 2.56. The summed E-state index contributed by atoms with van der Waals surface area (Å²) >= 11 is 0. The molecule has 96 valence electrons. The Labute approximate surface area is 105 Å². The second kappa shape index (κ2) is 7.46. The minimum absolute atomic E-state index is 0.0208. The van der Waals surface area contributed by atoms with E-state index < -0.39 is 0 Å². The Kier molecular flexibility index (Phi) is 6.23. The van der Waals surface area contributed by atoms with E-state index in [1.807, 2.05) is 6.92 Å². The van der Waals surface area contributed by atoms with Crippen LogP contribution in [0.25, 0.3) is 0 Å². The highest BCUT2D eigenvalue weighted by Gasteiger charge is 2.16. The Hall–Kier alpha value is -0.860. The van der Waals surface area contributed by atoms with Gasteiger partial charge in [0.15, 0.2) is 0 Å². The first-order chi connectivity index (χ1) is 8.15. The average molecular weight is 235 g/mol. The second-order valence-electron chi connectivity index (χ2n) is 4.77. The topological polar surface area (TPSA) is 35.2 Å². The molecule has 0 aliphatic rings. The van der Waals surface area contributed by atoms with Gasteiger partial charge < -0.3 is 10.5 Å². The van der Waals surface area contributed by atoms with Crippen molar-refractivity contribution in [3.8, 4) is 0 Å². The molecule has 0 spiro atoms. The molecule has 0 aliphatic carbocycles. The molecule has 0 radical (unpaired) electrons. The Morgan fingerprint density at radius 2 is 1.82 bits per heavy atom. The first kappa shape index (κ1) is 14.2. The fourth-order valence-electron chi connectivity index (χ4n) is 1.87. The number of aryl methyl sites for hydroxylation is 1. The van der Waals surface area contributed by atoms with E-state index in [1.165, 1.54) is 24.0 Å². The lowest BCUT2D eigenvalue weighted by molar-refractivity contribution is 0.0360. The Bertz CT molecular complexity index is 305. The molecule has 0 aliphatic heterocycles. The molecule has 0 saturated heterocycles. The maximum Gasteiger partial charge on any atom is 0.0972 e. The van der Waals surface area contributed by atoms with Crippen LogP contribution in [0.3, 0.4) is 0 Å². The van der Waals surface area contributed by atoms with E-state index in [1.54, 1.807) is 0 Å². The minimum Gasteiger partial charge on any atom is -0.372 e. The van der Waals surface area contributed by atoms with Crippen molar-refractivity contribution in [2.24, 2.45) is 5.73 Å². The lowest BCUT2D eigenvalue weighted by Gasteiger charge is -2.22. The van der Waals surface area contributed by atoms with Gasteiger partial charge >= 0.3 is 0 Å². The summed E-state index contributed by atoms with van der Waals surface area (Å²) < 4.78 is 5.91. The molecular formula is C15H25NO. The van der Waals surface area contributed by atoms with Gasteiger partial charge in [-0.15, -0.1) is 0 Å². The quantitative estimate of drug-likeness (QED) is 0.733. The Morgan fingerprint density at radius 3 is 2.35 bits per heavy atom. The van der Waals surface area contributed by atoms with Crippen molar-refractivity contribution in [3.63, 3.8) is 0 Å². The number of hydrogen-bond donors (Lipinski definition) is 1. The minimum atomic E-state index is 0.0208. The molecule has 0 fully saturated rings. The fourth-order valence-corrected chi connectivity index (χ4v) is 1.87. The molecule has 2 N–H and O–H groups in total. The third kappa shape index (κ3) is 4.88. The monoisotopic (exact) mass is 235 g/mol. The predicted octanol–water partition coefficient (Wildman–Crippen LogP) is 3.59. The van der Waals surface area contributed by atoms with Crippen LogP contribution in [0.4, 0.5) is 0 Å². The highest BCUT2D eigenvalue weighted by Crippen LogP contribution is 2.21. The molecule has 0 heterocycles. The van der Waals surface area contributed by atoms with Crippen molar-refractivity contribution >= 4 is 0 Å². The summed E-state index contributed by atoms with van der Waals surface area (Å²) in [7, 11) is 0. The summed E-state index contributed by atoms with van der Waals surface area (Å²) in [5, 5.41) is 0. The molecular weight excluding hydrogens is 210 g/mol. The van der Waals surface area contributed by atoms with Crippen molar-refractivity contribution < 1.29 is 4.74 Å². The number of nitrogens with two attached hydrogens (primary N) is 1. The van der Waals surface area contributed by atoms with Gasteiger partial charge in [0.25, 0.3) is 0 Å². The van der Waals surface area contributed by atoms with Crippen LogP contribution >= 0.6 is 0 Å². The van der Waals surface area contributed by atoms with Crippen molar-refractivity contribution in [3.05, 3.63) is 35.4 Å². The molecule has 2 atom stereocenters. The summed E-state index contributed by atoms with van der Waals surface area (Å²) in [6.45, 7) is 7.09. The van der Waals surface area contributed by atoms with Crippen LogP contribution in [-0.4, -0.2) is 12.6 Å². The zero-order chi connectivity index (χ0) is 12.7. The third-order valence-electron chi connectivity index (χ3n) is 2.93. The third-order valence-corrected chi connectivity index (χ3v) is 2.93. The van der Waals surface area contributed by atoms with Gasteiger partial charge in [-0.25, -0.2) is 0 Å². The summed E-state index contributed by atoms with van der Waals surface area (Å²) in [6, 6.07) is 8.48. The largest absolute Gasteiger partial charge is 0.372 e. The second-order valence-corrected chi connectivity index (χ2v) is 4.77. The zero-order valence-corrected chi connectivity index (χ0v) is 11.3. The van der Waals surface area contributed by atoms with Crippen molar-refractivity contribution in [2.75, 3.05) is 6.61 Å². The van der Waals surface area contributed by atoms with E-state index in [0.29, 0.717) is 0 Å². The van der Waals surface area contributed by atoms with Crippen molar-refractivity contribution in [1.82, 2.24) is 0 Å². The SMILES string of the molecule is CCCCCOC(c1ccc(C)cc1)C(C)N. The lowest BCUT2D eigenvalue weighted by Crippen LogP contribution is -2.27. The molecule has 1 rings (SSSR count). The number of hydrogen-bond acceptors (Lipinski definition) is 2. The van der Waals surface area contributed by atoms with Crippen LogP contribution < -0.4 is 5.73 Å². The maximum atomic E-state index is 6.00. The van der Waals surface area contributed by atoms with Gasteiger partial charge in [-0.2, -0.15) is 0 Å². The number of unbranched alkanes of at least 4 members (excludes halogenated alkanes) is 2. The van der Waals surface area contributed by atoms with Gasteiger partial charge in [0.2, 0.25) is 0 Å². The van der Waals surface area contributed by atoms with E-state index in [2.05, 4.69) is 38.1 Å².